The number of thioether (sulfide) groups is 1. The molecule has 0 bridgehead atoms. The maximum absolute atomic E-state index is 12.4. The molecule has 1 fully saturated rings. The molecule has 0 aliphatic carbocycles. The Labute approximate surface area is 126 Å². The summed E-state index contributed by atoms with van der Waals surface area (Å²) in [4.78, 5) is 28.3. The third kappa shape index (κ3) is 3.53. The van der Waals surface area contributed by atoms with E-state index in [1.807, 2.05) is 0 Å². The zero-order valence-corrected chi connectivity index (χ0v) is 12.9. The Morgan fingerprint density at radius 1 is 1.38 bits per heavy atom. The molecule has 0 radical (unpaired) electrons. The predicted octanol–water partition coefficient (Wildman–Crippen LogP) is 0.339. The van der Waals surface area contributed by atoms with Crippen LogP contribution in [0, 0.1) is 0 Å². The van der Waals surface area contributed by atoms with Gasteiger partial charge in [0.1, 0.15) is 16.8 Å². The fourth-order valence-corrected chi connectivity index (χ4v) is 4.80. The van der Waals surface area contributed by atoms with E-state index in [9.17, 15) is 18.0 Å². The van der Waals surface area contributed by atoms with Crippen LogP contribution in [0.5, 0.6) is 0 Å². The van der Waals surface area contributed by atoms with E-state index in [0.717, 1.165) is 6.26 Å². The van der Waals surface area contributed by atoms with Gasteiger partial charge in [0, 0.05) is 24.3 Å². The molecule has 0 aromatic carbocycles. The highest BCUT2D eigenvalue weighted by Crippen LogP contribution is 2.22. The minimum atomic E-state index is -3.41. The highest BCUT2D eigenvalue weighted by atomic mass is 32.2. The van der Waals surface area contributed by atoms with Gasteiger partial charge in [-0.3, -0.25) is 4.79 Å². The quantitative estimate of drug-likeness (QED) is 0.852. The third-order valence-electron chi connectivity index (χ3n) is 3.03. The lowest BCUT2D eigenvalue weighted by Gasteiger charge is -2.33. The lowest BCUT2D eigenvalue weighted by molar-refractivity contribution is 0.0689. The SMILES string of the molecule is CS(=O)(=O)C1CSCCN1C(=O)c1cccc(C(=O)O)n1. The Bertz CT molecular complexity index is 674. The zero-order valence-electron chi connectivity index (χ0n) is 11.2. The molecule has 114 valence electrons. The summed E-state index contributed by atoms with van der Waals surface area (Å²) in [7, 11) is -3.41. The second-order valence-corrected chi connectivity index (χ2v) is 7.92. The summed E-state index contributed by atoms with van der Waals surface area (Å²) in [5.41, 5.74) is -0.307. The molecule has 1 aromatic heterocycles. The van der Waals surface area contributed by atoms with E-state index < -0.39 is 27.1 Å². The Morgan fingerprint density at radius 2 is 2.05 bits per heavy atom. The number of pyridine rings is 1. The van der Waals surface area contributed by atoms with Gasteiger partial charge in [0.15, 0.2) is 9.84 Å². The number of aromatic nitrogens is 1. The summed E-state index contributed by atoms with van der Waals surface area (Å²) in [6, 6.07) is 4.08. The maximum atomic E-state index is 12.4. The van der Waals surface area contributed by atoms with Crippen LogP contribution in [0.15, 0.2) is 18.2 Å². The summed E-state index contributed by atoms with van der Waals surface area (Å²) >= 11 is 1.47. The molecule has 1 aliphatic rings. The van der Waals surface area contributed by atoms with Gasteiger partial charge in [0.05, 0.1) is 0 Å². The first-order valence-electron chi connectivity index (χ1n) is 6.08. The molecule has 1 aromatic rings. The minimum Gasteiger partial charge on any atom is -0.477 e. The number of hydrogen-bond donors (Lipinski definition) is 1. The van der Waals surface area contributed by atoms with Gasteiger partial charge < -0.3 is 10.0 Å². The lowest BCUT2D eigenvalue weighted by atomic mass is 10.2. The zero-order chi connectivity index (χ0) is 15.6. The van der Waals surface area contributed by atoms with Crippen LogP contribution in [0.25, 0.3) is 0 Å². The number of nitrogens with zero attached hydrogens (tertiary/aromatic N) is 2. The number of carbonyl (C=O) groups excluding carboxylic acids is 1. The van der Waals surface area contributed by atoms with E-state index in [-0.39, 0.29) is 11.4 Å². The molecule has 1 aliphatic heterocycles. The Kier molecular flexibility index (Phi) is 4.52. The number of amides is 1. The summed E-state index contributed by atoms with van der Waals surface area (Å²) in [6.45, 7) is 0.292. The van der Waals surface area contributed by atoms with Crippen LogP contribution in [0.1, 0.15) is 21.0 Å². The smallest absolute Gasteiger partial charge is 0.354 e. The lowest BCUT2D eigenvalue weighted by Crippen LogP contribution is -2.50. The van der Waals surface area contributed by atoms with Crippen molar-refractivity contribution >= 4 is 33.5 Å². The van der Waals surface area contributed by atoms with Gasteiger partial charge in [0.25, 0.3) is 5.91 Å². The van der Waals surface area contributed by atoms with Crippen molar-refractivity contribution in [3.8, 4) is 0 Å². The number of rotatable bonds is 3. The first-order chi connectivity index (χ1) is 9.80. The van der Waals surface area contributed by atoms with Crippen molar-refractivity contribution < 1.29 is 23.1 Å². The minimum absolute atomic E-state index is 0.0598. The molecule has 2 heterocycles. The van der Waals surface area contributed by atoms with Gasteiger partial charge in [-0.05, 0) is 12.1 Å². The van der Waals surface area contributed by atoms with Crippen LogP contribution < -0.4 is 0 Å². The normalized spacial score (nSPS) is 19.3. The molecular weight excluding hydrogens is 316 g/mol. The maximum Gasteiger partial charge on any atom is 0.354 e. The molecule has 1 saturated heterocycles. The second-order valence-electron chi connectivity index (χ2n) is 4.57. The van der Waals surface area contributed by atoms with Crippen molar-refractivity contribution in [3.05, 3.63) is 29.6 Å². The van der Waals surface area contributed by atoms with Crippen molar-refractivity contribution in [2.45, 2.75) is 5.37 Å². The van der Waals surface area contributed by atoms with Crippen LogP contribution in [0.2, 0.25) is 0 Å². The number of aromatic carboxylic acids is 1. The number of carboxylic acids is 1. The largest absolute Gasteiger partial charge is 0.477 e. The van der Waals surface area contributed by atoms with Gasteiger partial charge >= 0.3 is 5.97 Å². The monoisotopic (exact) mass is 330 g/mol. The molecule has 7 nitrogen and oxygen atoms in total. The fraction of sp³-hybridized carbons (Fsp3) is 0.417. The highest BCUT2D eigenvalue weighted by molar-refractivity contribution is 8.00. The van der Waals surface area contributed by atoms with Crippen LogP contribution >= 0.6 is 11.8 Å². The molecule has 9 heteroatoms. The second kappa shape index (κ2) is 6.02. The molecule has 1 atom stereocenters. The topological polar surface area (TPSA) is 105 Å². The van der Waals surface area contributed by atoms with Crippen LogP contribution in [0.4, 0.5) is 0 Å². The number of hydrogen-bond acceptors (Lipinski definition) is 6. The Balaban J connectivity index is 2.33. The van der Waals surface area contributed by atoms with E-state index in [1.54, 1.807) is 0 Å². The molecule has 0 saturated carbocycles. The van der Waals surface area contributed by atoms with E-state index in [1.165, 1.54) is 34.9 Å². The van der Waals surface area contributed by atoms with Crippen molar-refractivity contribution in [2.24, 2.45) is 0 Å². The Morgan fingerprint density at radius 3 is 2.67 bits per heavy atom. The summed E-state index contributed by atoms with van der Waals surface area (Å²) in [5.74, 6) is -0.855. The molecule has 2 rings (SSSR count). The summed E-state index contributed by atoms with van der Waals surface area (Å²) < 4.78 is 23.6. The standard InChI is InChI=1S/C12H14N2O5S2/c1-21(18,19)10-7-20-6-5-14(10)11(15)8-3-2-4-9(13-8)12(16)17/h2-4,10H,5-7H2,1H3,(H,16,17). The average molecular weight is 330 g/mol. The molecule has 21 heavy (non-hydrogen) atoms. The van der Waals surface area contributed by atoms with Gasteiger partial charge in [-0.2, -0.15) is 11.8 Å². The predicted molar refractivity (Wildman–Crippen MR) is 78.2 cm³/mol. The van der Waals surface area contributed by atoms with Crippen molar-refractivity contribution in [3.63, 3.8) is 0 Å². The van der Waals surface area contributed by atoms with E-state index in [0.29, 0.717) is 18.1 Å². The molecule has 1 unspecified atom stereocenters. The van der Waals surface area contributed by atoms with E-state index >= 15 is 0 Å². The first kappa shape index (κ1) is 15.8. The van der Waals surface area contributed by atoms with Gasteiger partial charge in [-0.15, -0.1) is 0 Å². The van der Waals surface area contributed by atoms with Crippen molar-refractivity contribution in [1.29, 1.82) is 0 Å². The van der Waals surface area contributed by atoms with E-state index in [4.69, 9.17) is 5.11 Å². The molecule has 1 amide bonds. The van der Waals surface area contributed by atoms with Crippen LogP contribution in [-0.2, 0) is 9.84 Å². The third-order valence-corrected chi connectivity index (χ3v) is 5.67. The number of sulfone groups is 1. The van der Waals surface area contributed by atoms with Crippen molar-refractivity contribution in [1.82, 2.24) is 9.88 Å². The molecule has 1 N–H and O–H groups in total. The van der Waals surface area contributed by atoms with Crippen LogP contribution in [-0.4, -0.2) is 65.0 Å². The average Bonchev–Trinajstić information content (AvgIpc) is 2.45. The van der Waals surface area contributed by atoms with E-state index in [2.05, 4.69) is 4.98 Å². The van der Waals surface area contributed by atoms with Crippen molar-refractivity contribution in [2.75, 3.05) is 24.3 Å². The molecule has 0 spiro atoms. The van der Waals surface area contributed by atoms with Crippen LogP contribution in [0.3, 0.4) is 0 Å². The Hall–Kier alpha value is -1.61. The summed E-state index contributed by atoms with van der Waals surface area (Å²) in [6.07, 6.45) is 1.09. The van der Waals surface area contributed by atoms with Gasteiger partial charge in [-0.25, -0.2) is 18.2 Å². The fourth-order valence-electron chi connectivity index (χ4n) is 1.99. The number of carbonyl (C=O) groups is 2. The number of carboxylic acid groups (broad SMARTS) is 1. The van der Waals surface area contributed by atoms with Gasteiger partial charge in [0.2, 0.25) is 0 Å². The summed E-state index contributed by atoms with van der Waals surface area (Å²) in [5, 5.41) is 7.99. The first-order valence-corrected chi connectivity index (χ1v) is 9.19. The highest BCUT2D eigenvalue weighted by Gasteiger charge is 2.35. The molecular formula is C12H14N2O5S2. The van der Waals surface area contributed by atoms with Gasteiger partial charge in [-0.1, -0.05) is 6.07 Å².